The SMILES string of the molecule is Cc1cccc(Cn2c(C)nc3cc(C(=O)O)ccc32)c1. The summed E-state index contributed by atoms with van der Waals surface area (Å²) in [6.07, 6.45) is 0. The molecule has 0 saturated carbocycles. The lowest BCUT2D eigenvalue weighted by Gasteiger charge is -2.08. The number of aromatic nitrogens is 2. The lowest BCUT2D eigenvalue weighted by Crippen LogP contribution is -2.02. The van der Waals surface area contributed by atoms with E-state index in [9.17, 15) is 4.79 Å². The van der Waals surface area contributed by atoms with Crippen molar-refractivity contribution in [1.82, 2.24) is 9.55 Å². The molecule has 0 atom stereocenters. The first-order valence-electron chi connectivity index (χ1n) is 6.80. The molecule has 2 aromatic carbocycles. The first kappa shape index (κ1) is 13.4. The molecule has 3 rings (SSSR count). The topological polar surface area (TPSA) is 55.1 Å². The zero-order valence-corrected chi connectivity index (χ0v) is 12.0. The van der Waals surface area contributed by atoms with Gasteiger partial charge < -0.3 is 9.67 Å². The molecule has 0 radical (unpaired) electrons. The zero-order chi connectivity index (χ0) is 15.0. The lowest BCUT2D eigenvalue weighted by atomic mass is 10.1. The van der Waals surface area contributed by atoms with Crippen molar-refractivity contribution in [2.24, 2.45) is 0 Å². The number of carboxylic acid groups (broad SMARTS) is 1. The van der Waals surface area contributed by atoms with Crippen LogP contribution in [-0.2, 0) is 6.54 Å². The van der Waals surface area contributed by atoms with Gasteiger partial charge in [-0.05, 0) is 37.6 Å². The van der Waals surface area contributed by atoms with E-state index >= 15 is 0 Å². The quantitative estimate of drug-likeness (QED) is 0.800. The second-order valence-corrected chi connectivity index (χ2v) is 5.24. The normalized spacial score (nSPS) is 11.0. The van der Waals surface area contributed by atoms with Crippen molar-refractivity contribution in [2.75, 3.05) is 0 Å². The lowest BCUT2D eigenvalue weighted by molar-refractivity contribution is 0.0697. The van der Waals surface area contributed by atoms with Crippen LogP contribution in [-0.4, -0.2) is 20.6 Å². The van der Waals surface area contributed by atoms with Crippen LogP contribution < -0.4 is 0 Å². The van der Waals surface area contributed by atoms with Gasteiger partial charge in [0.2, 0.25) is 0 Å². The molecule has 4 nitrogen and oxygen atoms in total. The van der Waals surface area contributed by atoms with Crippen molar-refractivity contribution in [3.63, 3.8) is 0 Å². The highest BCUT2D eigenvalue weighted by molar-refractivity contribution is 5.92. The molecule has 0 amide bonds. The van der Waals surface area contributed by atoms with Gasteiger partial charge in [-0.25, -0.2) is 9.78 Å². The van der Waals surface area contributed by atoms with E-state index < -0.39 is 5.97 Å². The van der Waals surface area contributed by atoms with Gasteiger partial charge in [0.25, 0.3) is 0 Å². The molecule has 0 spiro atoms. The number of aryl methyl sites for hydroxylation is 2. The molecular formula is C17H16N2O2. The Morgan fingerprint density at radius 3 is 2.71 bits per heavy atom. The molecule has 0 aliphatic carbocycles. The van der Waals surface area contributed by atoms with Gasteiger partial charge in [-0.3, -0.25) is 0 Å². The molecule has 0 aliphatic heterocycles. The molecule has 4 heteroatoms. The summed E-state index contributed by atoms with van der Waals surface area (Å²) in [5, 5.41) is 9.05. The molecule has 0 fully saturated rings. The molecule has 1 N–H and O–H groups in total. The van der Waals surface area contributed by atoms with Gasteiger partial charge in [-0.15, -0.1) is 0 Å². The minimum atomic E-state index is -0.928. The van der Waals surface area contributed by atoms with E-state index in [4.69, 9.17) is 5.11 Å². The number of hydrogen-bond acceptors (Lipinski definition) is 2. The molecule has 1 heterocycles. The predicted molar refractivity (Wildman–Crippen MR) is 81.7 cm³/mol. The second-order valence-electron chi connectivity index (χ2n) is 5.24. The van der Waals surface area contributed by atoms with Crippen LogP contribution in [0.4, 0.5) is 0 Å². The fraction of sp³-hybridized carbons (Fsp3) is 0.176. The van der Waals surface area contributed by atoms with Crippen LogP contribution in [0, 0.1) is 13.8 Å². The average Bonchev–Trinajstić information content (AvgIpc) is 2.74. The number of hydrogen-bond donors (Lipinski definition) is 1. The van der Waals surface area contributed by atoms with E-state index in [1.165, 1.54) is 11.1 Å². The summed E-state index contributed by atoms with van der Waals surface area (Å²) in [5.41, 5.74) is 4.38. The number of aromatic carboxylic acids is 1. The molecule has 0 aliphatic rings. The van der Waals surface area contributed by atoms with Crippen molar-refractivity contribution in [3.05, 3.63) is 65.0 Å². The Balaban J connectivity index is 2.06. The van der Waals surface area contributed by atoms with Crippen LogP contribution in [0.15, 0.2) is 42.5 Å². The molecule has 3 aromatic rings. The Morgan fingerprint density at radius 2 is 2.00 bits per heavy atom. The highest BCUT2D eigenvalue weighted by atomic mass is 16.4. The van der Waals surface area contributed by atoms with Crippen LogP contribution in [0.25, 0.3) is 11.0 Å². The average molecular weight is 280 g/mol. The first-order valence-corrected chi connectivity index (χ1v) is 6.80. The van der Waals surface area contributed by atoms with Crippen molar-refractivity contribution in [1.29, 1.82) is 0 Å². The Morgan fingerprint density at radius 1 is 1.19 bits per heavy atom. The summed E-state index contributed by atoms with van der Waals surface area (Å²) in [7, 11) is 0. The van der Waals surface area contributed by atoms with Gasteiger partial charge in [0.15, 0.2) is 0 Å². The monoisotopic (exact) mass is 280 g/mol. The molecule has 106 valence electrons. The van der Waals surface area contributed by atoms with Crippen LogP contribution in [0.2, 0.25) is 0 Å². The maximum atomic E-state index is 11.0. The molecule has 0 unspecified atom stereocenters. The highest BCUT2D eigenvalue weighted by Gasteiger charge is 2.11. The van der Waals surface area contributed by atoms with E-state index in [0.717, 1.165) is 23.4 Å². The van der Waals surface area contributed by atoms with Crippen molar-refractivity contribution in [2.45, 2.75) is 20.4 Å². The first-order chi connectivity index (χ1) is 10.0. The van der Waals surface area contributed by atoms with Gasteiger partial charge in [0.05, 0.1) is 16.6 Å². The van der Waals surface area contributed by atoms with Crippen molar-refractivity contribution < 1.29 is 9.90 Å². The Bertz CT molecular complexity index is 834. The summed E-state index contributed by atoms with van der Waals surface area (Å²) < 4.78 is 2.11. The van der Waals surface area contributed by atoms with E-state index in [1.807, 2.05) is 19.1 Å². The predicted octanol–water partition coefficient (Wildman–Crippen LogP) is 3.40. The Hall–Kier alpha value is -2.62. The number of benzene rings is 2. The Labute approximate surface area is 122 Å². The van der Waals surface area contributed by atoms with E-state index in [2.05, 4.69) is 34.7 Å². The largest absolute Gasteiger partial charge is 0.478 e. The summed E-state index contributed by atoms with van der Waals surface area (Å²) in [6, 6.07) is 13.4. The van der Waals surface area contributed by atoms with Crippen molar-refractivity contribution in [3.8, 4) is 0 Å². The third-order valence-corrected chi connectivity index (χ3v) is 3.61. The summed E-state index contributed by atoms with van der Waals surface area (Å²) in [6.45, 7) is 4.74. The molecule has 1 aromatic heterocycles. The van der Waals surface area contributed by atoms with Crippen LogP contribution in [0.5, 0.6) is 0 Å². The third kappa shape index (κ3) is 2.52. The minimum Gasteiger partial charge on any atom is -0.478 e. The number of carboxylic acids is 1. The number of fused-ring (bicyclic) bond motifs is 1. The molecule has 0 saturated heterocycles. The smallest absolute Gasteiger partial charge is 0.335 e. The molecule has 21 heavy (non-hydrogen) atoms. The van der Waals surface area contributed by atoms with Crippen molar-refractivity contribution >= 4 is 17.0 Å². The van der Waals surface area contributed by atoms with Crippen LogP contribution >= 0.6 is 0 Å². The highest BCUT2D eigenvalue weighted by Crippen LogP contribution is 2.19. The fourth-order valence-corrected chi connectivity index (χ4v) is 2.58. The summed E-state index contributed by atoms with van der Waals surface area (Å²) in [4.78, 5) is 15.5. The second kappa shape index (κ2) is 5.05. The van der Waals surface area contributed by atoms with Gasteiger partial charge in [-0.1, -0.05) is 29.8 Å². The standard InChI is InChI=1S/C17H16N2O2/c1-11-4-3-5-13(8-11)10-19-12(2)18-15-9-14(17(20)21)6-7-16(15)19/h3-9H,10H2,1-2H3,(H,20,21). The maximum absolute atomic E-state index is 11.0. The number of rotatable bonds is 3. The number of carbonyl (C=O) groups is 1. The van der Waals surface area contributed by atoms with E-state index in [1.54, 1.807) is 12.1 Å². The van der Waals surface area contributed by atoms with E-state index in [-0.39, 0.29) is 5.56 Å². The summed E-state index contributed by atoms with van der Waals surface area (Å²) in [5.74, 6) is -0.0446. The zero-order valence-electron chi connectivity index (χ0n) is 12.0. The maximum Gasteiger partial charge on any atom is 0.335 e. The minimum absolute atomic E-state index is 0.266. The Kier molecular flexibility index (Phi) is 3.22. The fourth-order valence-electron chi connectivity index (χ4n) is 2.58. The van der Waals surface area contributed by atoms with Crippen LogP contribution in [0.3, 0.4) is 0 Å². The number of nitrogens with zero attached hydrogens (tertiary/aromatic N) is 2. The van der Waals surface area contributed by atoms with Gasteiger partial charge in [0, 0.05) is 6.54 Å². The van der Waals surface area contributed by atoms with Gasteiger partial charge in [-0.2, -0.15) is 0 Å². The molecular weight excluding hydrogens is 264 g/mol. The summed E-state index contributed by atoms with van der Waals surface area (Å²) >= 11 is 0. The van der Waals surface area contributed by atoms with Crippen LogP contribution in [0.1, 0.15) is 27.3 Å². The third-order valence-electron chi connectivity index (χ3n) is 3.61. The van der Waals surface area contributed by atoms with Gasteiger partial charge >= 0.3 is 5.97 Å². The number of imidazole rings is 1. The van der Waals surface area contributed by atoms with Gasteiger partial charge in [0.1, 0.15) is 5.82 Å². The molecule has 0 bridgehead atoms. The van der Waals surface area contributed by atoms with E-state index in [0.29, 0.717) is 0 Å².